The Morgan fingerprint density at radius 3 is 2.95 bits per heavy atom. The van der Waals surface area contributed by atoms with E-state index < -0.39 is 5.54 Å². The van der Waals surface area contributed by atoms with Crippen LogP contribution in [0.25, 0.3) is 0 Å². The van der Waals surface area contributed by atoms with Crippen molar-refractivity contribution in [2.24, 2.45) is 5.92 Å². The van der Waals surface area contributed by atoms with Crippen molar-refractivity contribution in [1.29, 1.82) is 0 Å². The van der Waals surface area contributed by atoms with Crippen molar-refractivity contribution >= 4 is 11.7 Å². The molecule has 0 saturated heterocycles. The molecule has 0 spiro atoms. The van der Waals surface area contributed by atoms with E-state index in [0.717, 1.165) is 31.5 Å². The Morgan fingerprint density at radius 2 is 2.33 bits per heavy atom. The zero-order chi connectivity index (χ0) is 15.5. The van der Waals surface area contributed by atoms with Crippen LogP contribution in [0.3, 0.4) is 0 Å². The van der Waals surface area contributed by atoms with Crippen molar-refractivity contribution in [1.82, 2.24) is 10.3 Å². The molecule has 1 saturated carbocycles. The van der Waals surface area contributed by atoms with Gasteiger partial charge in [0.05, 0.1) is 12.1 Å². The second-order valence-electron chi connectivity index (χ2n) is 6.39. The number of nitrogens with zero attached hydrogens (tertiary/aromatic N) is 2. The Kier molecular flexibility index (Phi) is 4.83. The SMILES string of the molecule is CC1CCCC(CO)(NC(=O)c2ccnc(N(C)C)c2)C1. The van der Waals surface area contributed by atoms with Crippen LogP contribution in [0.1, 0.15) is 43.0 Å². The van der Waals surface area contributed by atoms with Crippen LogP contribution in [-0.2, 0) is 0 Å². The third kappa shape index (κ3) is 3.73. The lowest BCUT2D eigenvalue weighted by Crippen LogP contribution is -2.53. The molecular formula is C16H25N3O2. The van der Waals surface area contributed by atoms with Gasteiger partial charge in [0.1, 0.15) is 5.82 Å². The van der Waals surface area contributed by atoms with Crippen molar-refractivity contribution in [3.8, 4) is 0 Å². The van der Waals surface area contributed by atoms with Gasteiger partial charge in [-0.2, -0.15) is 0 Å². The van der Waals surface area contributed by atoms with Gasteiger partial charge in [0.2, 0.25) is 0 Å². The highest BCUT2D eigenvalue weighted by molar-refractivity contribution is 5.95. The Morgan fingerprint density at radius 1 is 1.57 bits per heavy atom. The number of anilines is 1. The fourth-order valence-electron chi connectivity index (χ4n) is 3.07. The van der Waals surface area contributed by atoms with Crippen LogP contribution in [0, 0.1) is 5.92 Å². The summed E-state index contributed by atoms with van der Waals surface area (Å²) in [7, 11) is 3.78. The first-order valence-corrected chi connectivity index (χ1v) is 7.52. The molecule has 0 aromatic carbocycles. The highest BCUT2D eigenvalue weighted by atomic mass is 16.3. The van der Waals surface area contributed by atoms with Crippen LogP contribution in [0.2, 0.25) is 0 Å². The van der Waals surface area contributed by atoms with E-state index in [1.807, 2.05) is 19.0 Å². The number of hydrogen-bond acceptors (Lipinski definition) is 4. The maximum atomic E-state index is 12.5. The van der Waals surface area contributed by atoms with Crippen LogP contribution in [0.5, 0.6) is 0 Å². The summed E-state index contributed by atoms with van der Waals surface area (Å²) in [6, 6.07) is 3.48. The first-order valence-electron chi connectivity index (χ1n) is 7.52. The largest absolute Gasteiger partial charge is 0.394 e. The van der Waals surface area contributed by atoms with Gasteiger partial charge in [-0.05, 0) is 30.9 Å². The molecule has 0 bridgehead atoms. The van der Waals surface area contributed by atoms with E-state index in [0.29, 0.717) is 11.5 Å². The molecule has 1 heterocycles. The summed E-state index contributed by atoms with van der Waals surface area (Å²) in [5, 5.41) is 12.8. The van der Waals surface area contributed by atoms with Crippen molar-refractivity contribution < 1.29 is 9.90 Å². The molecule has 1 amide bonds. The molecule has 5 nitrogen and oxygen atoms in total. The molecule has 1 aromatic rings. The lowest BCUT2D eigenvalue weighted by Gasteiger charge is -2.39. The molecule has 2 atom stereocenters. The first-order chi connectivity index (χ1) is 9.96. The van der Waals surface area contributed by atoms with E-state index in [-0.39, 0.29) is 12.5 Å². The highest BCUT2D eigenvalue weighted by Crippen LogP contribution is 2.32. The van der Waals surface area contributed by atoms with Crippen LogP contribution >= 0.6 is 0 Å². The fourth-order valence-corrected chi connectivity index (χ4v) is 3.07. The molecule has 2 unspecified atom stereocenters. The molecule has 1 aliphatic carbocycles. The number of rotatable bonds is 4. The maximum absolute atomic E-state index is 12.5. The molecule has 21 heavy (non-hydrogen) atoms. The van der Waals surface area contributed by atoms with E-state index in [4.69, 9.17) is 0 Å². The molecule has 0 aliphatic heterocycles. The lowest BCUT2D eigenvalue weighted by atomic mass is 9.76. The molecule has 5 heteroatoms. The monoisotopic (exact) mass is 291 g/mol. The number of aliphatic hydroxyl groups excluding tert-OH is 1. The molecule has 1 aromatic heterocycles. The number of carbonyl (C=O) groups is 1. The van der Waals surface area contributed by atoms with Gasteiger partial charge in [-0.25, -0.2) is 4.98 Å². The van der Waals surface area contributed by atoms with Crippen molar-refractivity contribution in [2.45, 2.75) is 38.1 Å². The molecule has 1 fully saturated rings. The minimum absolute atomic E-state index is 0.00526. The van der Waals surface area contributed by atoms with Gasteiger partial charge in [0.25, 0.3) is 5.91 Å². The molecule has 116 valence electrons. The first kappa shape index (κ1) is 15.8. The van der Waals surface area contributed by atoms with Gasteiger partial charge < -0.3 is 15.3 Å². The van der Waals surface area contributed by atoms with Gasteiger partial charge >= 0.3 is 0 Å². The topological polar surface area (TPSA) is 65.5 Å². The minimum Gasteiger partial charge on any atom is -0.394 e. The normalized spacial score (nSPS) is 25.4. The third-order valence-electron chi connectivity index (χ3n) is 4.24. The summed E-state index contributed by atoms with van der Waals surface area (Å²) in [6.45, 7) is 2.17. The molecule has 2 N–H and O–H groups in total. The van der Waals surface area contributed by atoms with Crippen LogP contribution in [0.4, 0.5) is 5.82 Å². The molecule has 0 radical (unpaired) electrons. The number of hydrogen-bond donors (Lipinski definition) is 2. The summed E-state index contributed by atoms with van der Waals surface area (Å²) in [4.78, 5) is 18.6. The summed E-state index contributed by atoms with van der Waals surface area (Å²) >= 11 is 0. The van der Waals surface area contributed by atoms with Crippen LogP contribution in [0.15, 0.2) is 18.3 Å². The third-order valence-corrected chi connectivity index (χ3v) is 4.24. The lowest BCUT2D eigenvalue weighted by molar-refractivity contribution is 0.0697. The fraction of sp³-hybridized carbons (Fsp3) is 0.625. The quantitative estimate of drug-likeness (QED) is 0.888. The van der Waals surface area contributed by atoms with Gasteiger partial charge in [-0.3, -0.25) is 4.79 Å². The smallest absolute Gasteiger partial charge is 0.251 e. The molecule has 2 rings (SSSR count). The predicted molar refractivity (Wildman–Crippen MR) is 83.5 cm³/mol. The van der Waals surface area contributed by atoms with E-state index in [2.05, 4.69) is 17.2 Å². The minimum atomic E-state index is -0.476. The second-order valence-corrected chi connectivity index (χ2v) is 6.39. The molecular weight excluding hydrogens is 266 g/mol. The summed E-state index contributed by atoms with van der Waals surface area (Å²) in [6.07, 6.45) is 5.52. The van der Waals surface area contributed by atoms with E-state index in [9.17, 15) is 9.90 Å². The summed E-state index contributed by atoms with van der Waals surface area (Å²) in [5.74, 6) is 1.14. The zero-order valence-electron chi connectivity index (χ0n) is 13.1. The number of aromatic nitrogens is 1. The van der Waals surface area contributed by atoms with E-state index in [1.165, 1.54) is 0 Å². The van der Waals surface area contributed by atoms with Gasteiger partial charge in [-0.15, -0.1) is 0 Å². The van der Waals surface area contributed by atoms with Crippen molar-refractivity contribution in [2.75, 3.05) is 25.6 Å². The van der Waals surface area contributed by atoms with Gasteiger partial charge in [0.15, 0.2) is 0 Å². The Balaban J connectivity index is 2.14. The molecule has 1 aliphatic rings. The summed E-state index contributed by atoms with van der Waals surface area (Å²) < 4.78 is 0. The Labute approximate surface area is 126 Å². The van der Waals surface area contributed by atoms with Gasteiger partial charge in [0, 0.05) is 25.9 Å². The van der Waals surface area contributed by atoms with Crippen molar-refractivity contribution in [3.63, 3.8) is 0 Å². The van der Waals surface area contributed by atoms with E-state index >= 15 is 0 Å². The number of amides is 1. The number of pyridine rings is 1. The zero-order valence-corrected chi connectivity index (χ0v) is 13.1. The Bertz CT molecular complexity index is 504. The van der Waals surface area contributed by atoms with Crippen LogP contribution in [-0.4, -0.2) is 42.2 Å². The average Bonchev–Trinajstić information content (AvgIpc) is 2.47. The van der Waals surface area contributed by atoms with Gasteiger partial charge in [-0.1, -0.05) is 19.8 Å². The number of carbonyl (C=O) groups excluding carboxylic acids is 1. The second kappa shape index (κ2) is 6.43. The van der Waals surface area contributed by atoms with E-state index in [1.54, 1.807) is 18.3 Å². The average molecular weight is 291 g/mol. The summed E-state index contributed by atoms with van der Waals surface area (Å²) in [5.41, 5.74) is 0.107. The maximum Gasteiger partial charge on any atom is 0.251 e. The number of nitrogens with one attached hydrogen (secondary N) is 1. The van der Waals surface area contributed by atoms with Crippen LogP contribution < -0.4 is 10.2 Å². The predicted octanol–water partition coefficient (Wildman–Crippen LogP) is 1.82. The standard InChI is InChI=1S/C16H25N3O2/c1-12-5-4-7-16(10-12,11-20)18-15(21)13-6-8-17-14(9-13)19(2)3/h6,8-9,12,20H,4-5,7,10-11H2,1-3H3,(H,18,21). The Hall–Kier alpha value is -1.62. The van der Waals surface area contributed by atoms with Crippen molar-refractivity contribution in [3.05, 3.63) is 23.9 Å². The number of aliphatic hydroxyl groups is 1. The highest BCUT2D eigenvalue weighted by Gasteiger charge is 2.36.